The van der Waals surface area contributed by atoms with E-state index in [1.165, 1.54) is 4.88 Å². The van der Waals surface area contributed by atoms with Gasteiger partial charge < -0.3 is 4.42 Å². The fraction of sp³-hybridized carbons (Fsp3) is 0.211. The van der Waals surface area contributed by atoms with Gasteiger partial charge in [-0.2, -0.15) is 5.26 Å². The summed E-state index contributed by atoms with van der Waals surface area (Å²) in [5, 5.41) is 12.7. The first kappa shape index (κ1) is 15.6. The Bertz CT molecular complexity index is 989. The van der Waals surface area contributed by atoms with E-state index in [0.717, 1.165) is 25.0 Å². The zero-order valence-corrected chi connectivity index (χ0v) is 14.4. The van der Waals surface area contributed by atoms with E-state index in [0.29, 0.717) is 33.3 Å². The van der Waals surface area contributed by atoms with Crippen molar-refractivity contribution in [2.75, 3.05) is 5.32 Å². The first-order valence-corrected chi connectivity index (χ1v) is 8.87. The number of carbonyl (C=O) groups excluding carboxylic acids is 1. The van der Waals surface area contributed by atoms with Crippen LogP contribution in [0.2, 0.25) is 0 Å². The maximum absolute atomic E-state index is 12.6. The molecule has 1 aromatic carbocycles. The van der Waals surface area contributed by atoms with Crippen molar-refractivity contribution in [1.29, 1.82) is 5.26 Å². The Labute approximate surface area is 148 Å². The predicted molar refractivity (Wildman–Crippen MR) is 95.7 cm³/mol. The molecule has 4 rings (SSSR count). The Kier molecular flexibility index (Phi) is 3.86. The molecule has 0 atom stereocenters. The van der Waals surface area contributed by atoms with Crippen molar-refractivity contribution >= 4 is 22.4 Å². The SMILES string of the molecule is Cc1oc(-c2ccccc2C#N)cc1C(=O)Nc1nc2c(s1)CCC2. The number of hydrogen-bond acceptors (Lipinski definition) is 5. The van der Waals surface area contributed by atoms with Gasteiger partial charge in [0, 0.05) is 10.4 Å². The van der Waals surface area contributed by atoms with Crippen LogP contribution in [-0.2, 0) is 12.8 Å². The van der Waals surface area contributed by atoms with Crippen LogP contribution in [0.3, 0.4) is 0 Å². The topological polar surface area (TPSA) is 78.9 Å². The molecule has 0 saturated carbocycles. The van der Waals surface area contributed by atoms with Gasteiger partial charge in [0.15, 0.2) is 5.13 Å². The molecule has 1 aliphatic rings. The number of carbonyl (C=O) groups is 1. The lowest BCUT2D eigenvalue weighted by Gasteiger charge is -1.99. The van der Waals surface area contributed by atoms with Crippen LogP contribution < -0.4 is 5.32 Å². The van der Waals surface area contributed by atoms with Crippen molar-refractivity contribution in [2.24, 2.45) is 0 Å². The molecule has 1 N–H and O–H groups in total. The summed E-state index contributed by atoms with van der Waals surface area (Å²) in [6.07, 6.45) is 3.18. The third-order valence-corrected chi connectivity index (χ3v) is 5.36. The number of fused-ring (bicyclic) bond motifs is 1. The van der Waals surface area contributed by atoms with Gasteiger partial charge in [0.1, 0.15) is 11.5 Å². The zero-order valence-electron chi connectivity index (χ0n) is 13.6. The predicted octanol–water partition coefficient (Wildman–Crippen LogP) is 4.32. The lowest BCUT2D eigenvalue weighted by molar-refractivity contribution is 0.102. The highest BCUT2D eigenvalue weighted by Crippen LogP contribution is 2.32. The summed E-state index contributed by atoms with van der Waals surface area (Å²) < 4.78 is 5.73. The largest absolute Gasteiger partial charge is 0.460 e. The lowest BCUT2D eigenvalue weighted by Crippen LogP contribution is -2.12. The van der Waals surface area contributed by atoms with E-state index in [1.807, 2.05) is 12.1 Å². The minimum absolute atomic E-state index is 0.241. The average Bonchev–Trinajstić information content (AvgIpc) is 3.29. The van der Waals surface area contributed by atoms with E-state index >= 15 is 0 Å². The molecule has 25 heavy (non-hydrogen) atoms. The summed E-state index contributed by atoms with van der Waals surface area (Å²) in [7, 11) is 0. The van der Waals surface area contributed by atoms with Crippen LogP contribution in [0.4, 0.5) is 5.13 Å². The summed E-state index contributed by atoms with van der Waals surface area (Å²) in [6, 6.07) is 11.0. The summed E-state index contributed by atoms with van der Waals surface area (Å²) in [6.45, 7) is 1.75. The molecule has 0 saturated heterocycles. The minimum atomic E-state index is -0.241. The number of nitriles is 1. The number of thiazole rings is 1. The normalized spacial score (nSPS) is 12.6. The van der Waals surface area contributed by atoms with Gasteiger partial charge in [-0.1, -0.05) is 12.1 Å². The van der Waals surface area contributed by atoms with Gasteiger partial charge in [-0.3, -0.25) is 10.1 Å². The number of benzene rings is 1. The molecule has 0 radical (unpaired) electrons. The number of amides is 1. The van der Waals surface area contributed by atoms with Crippen LogP contribution >= 0.6 is 11.3 Å². The average molecular weight is 349 g/mol. The Morgan fingerprint density at radius 3 is 3.00 bits per heavy atom. The van der Waals surface area contributed by atoms with Crippen molar-refractivity contribution in [2.45, 2.75) is 26.2 Å². The number of aryl methyl sites for hydroxylation is 3. The quantitative estimate of drug-likeness (QED) is 0.763. The van der Waals surface area contributed by atoms with Gasteiger partial charge in [0.05, 0.1) is 22.9 Å². The molecule has 0 aliphatic heterocycles. The fourth-order valence-electron chi connectivity index (χ4n) is 3.04. The number of hydrogen-bond donors (Lipinski definition) is 1. The monoisotopic (exact) mass is 349 g/mol. The smallest absolute Gasteiger partial charge is 0.261 e. The van der Waals surface area contributed by atoms with Crippen LogP contribution in [0.1, 0.15) is 38.7 Å². The second-order valence-electron chi connectivity index (χ2n) is 5.93. The second kappa shape index (κ2) is 6.19. The number of anilines is 1. The first-order valence-electron chi connectivity index (χ1n) is 8.05. The minimum Gasteiger partial charge on any atom is -0.460 e. The third-order valence-electron chi connectivity index (χ3n) is 4.29. The van der Waals surface area contributed by atoms with Gasteiger partial charge >= 0.3 is 0 Å². The molecule has 0 bridgehead atoms. The standard InChI is InChI=1S/C19H15N3O2S/c1-11-14(9-16(24-11)13-6-3-2-5-12(13)10-20)18(23)22-19-21-15-7-4-8-17(15)25-19/h2-3,5-6,9H,4,7-8H2,1H3,(H,21,22,23). The molecule has 1 amide bonds. The number of aromatic nitrogens is 1. The molecule has 124 valence electrons. The van der Waals surface area contributed by atoms with Crippen LogP contribution in [0, 0.1) is 18.3 Å². The van der Waals surface area contributed by atoms with Gasteiger partial charge in [-0.25, -0.2) is 4.98 Å². The summed E-state index contributed by atoms with van der Waals surface area (Å²) in [5.41, 5.74) is 2.76. The number of rotatable bonds is 3. The molecular weight excluding hydrogens is 334 g/mol. The Morgan fingerprint density at radius 2 is 2.20 bits per heavy atom. The van der Waals surface area contributed by atoms with Gasteiger partial charge in [0.25, 0.3) is 5.91 Å². The van der Waals surface area contributed by atoms with Crippen molar-refractivity contribution in [3.05, 3.63) is 57.8 Å². The van der Waals surface area contributed by atoms with Gasteiger partial charge in [-0.15, -0.1) is 11.3 Å². The molecule has 3 aromatic rings. The molecule has 2 aromatic heterocycles. The third kappa shape index (κ3) is 2.83. The van der Waals surface area contributed by atoms with Gasteiger partial charge in [-0.05, 0) is 44.4 Å². The molecule has 1 aliphatic carbocycles. The van der Waals surface area contributed by atoms with E-state index in [9.17, 15) is 10.1 Å². The van der Waals surface area contributed by atoms with E-state index in [2.05, 4.69) is 16.4 Å². The van der Waals surface area contributed by atoms with Crippen LogP contribution in [0.15, 0.2) is 34.7 Å². The Hall–Kier alpha value is -2.91. The molecule has 0 fully saturated rings. The zero-order chi connectivity index (χ0) is 17.4. The second-order valence-corrected chi connectivity index (χ2v) is 7.02. The molecule has 0 spiro atoms. The highest BCUT2D eigenvalue weighted by molar-refractivity contribution is 7.16. The van der Waals surface area contributed by atoms with Crippen LogP contribution in [0.5, 0.6) is 0 Å². The van der Waals surface area contributed by atoms with Crippen molar-refractivity contribution < 1.29 is 9.21 Å². The van der Waals surface area contributed by atoms with Crippen LogP contribution in [0.25, 0.3) is 11.3 Å². The van der Waals surface area contributed by atoms with E-state index in [4.69, 9.17) is 4.42 Å². The highest BCUT2D eigenvalue weighted by Gasteiger charge is 2.21. The number of nitrogens with one attached hydrogen (secondary N) is 1. The summed E-state index contributed by atoms with van der Waals surface area (Å²) in [4.78, 5) is 18.3. The molecule has 6 heteroatoms. The van der Waals surface area contributed by atoms with E-state index in [-0.39, 0.29) is 5.91 Å². The Balaban J connectivity index is 1.61. The summed E-state index contributed by atoms with van der Waals surface area (Å²) in [5.74, 6) is 0.792. The van der Waals surface area contributed by atoms with Crippen LogP contribution in [-0.4, -0.2) is 10.9 Å². The van der Waals surface area contributed by atoms with Crippen molar-refractivity contribution in [1.82, 2.24) is 4.98 Å². The molecule has 5 nitrogen and oxygen atoms in total. The number of furan rings is 1. The van der Waals surface area contributed by atoms with Crippen molar-refractivity contribution in [3.63, 3.8) is 0 Å². The first-order chi connectivity index (χ1) is 12.2. The maximum atomic E-state index is 12.6. The molecule has 0 unspecified atom stereocenters. The lowest BCUT2D eigenvalue weighted by atomic mass is 10.1. The maximum Gasteiger partial charge on any atom is 0.261 e. The van der Waals surface area contributed by atoms with Gasteiger partial charge in [0.2, 0.25) is 0 Å². The number of nitrogens with zero attached hydrogens (tertiary/aromatic N) is 2. The highest BCUT2D eigenvalue weighted by atomic mass is 32.1. The van der Waals surface area contributed by atoms with E-state index < -0.39 is 0 Å². The summed E-state index contributed by atoms with van der Waals surface area (Å²) >= 11 is 1.54. The molecular formula is C19H15N3O2S. The Morgan fingerprint density at radius 1 is 1.36 bits per heavy atom. The fourth-order valence-corrected chi connectivity index (χ4v) is 4.09. The van der Waals surface area contributed by atoms with Crippen molar-refractivity contribution in [3.8, 4) is 17.4 Å². The van der Waals surface area contributed by atoms with E-state index in [1.54, 1.807) is 36.5 Å². The molecule has 2 heterocycles.